The molecule has 0 radical (unpaired) electrons. The molecule has 0 amide bonds. The number of hydrogen-bond donors (Lipinski definition) is 1. The summed E-state index contributed by atoms with van der Waals surface area (Å²) in [6.45, 7) is 33.4. The summed E-state index contributed by atoms with van der Waals surface area (Å²) in [6.07, 6.45) is 4.72. The van der Waals surface area contributed by atoms with Gasteiger partial charge in [-0.15, -0.1) is 0 Å². The molecule has 0 bridgehead atoms. The molecule has 3 nitrogen and oxygen atoms in total. The van der Waals surface area contributed by atoms with Gasteiger partial charge in [0.05, 0.1) is 18.3 Å². The Hall–Kier alpha value is -0.900. The van der Waals surface area contributed by atoms with Crippen LogP contribution in [0.3, 0.4) is 0 Å². The number of rotatable bonds is 8. The molecule has 1 rings (SSSR count). The first kappa shape index (κ1) is 39.2. The minimum Gasteiger partial charge on any atom is -0.393 e. The minimum absolute atomic E-state index is 0.0396. The highest BCUT2D eigenvalue weighted by atomic mass is 16.5. The predicted molar refractivity (Wildman–Crippen MR) is 169 cm³/mol. The molecule has 0 saturated heterocycles. The zero-order valence-electron chi connectivity index (χ0n) is 28.7. The third-order valence-corrected chi connectivity index (χ3v) is 7.38. The van der Waals surface area contributed by atoms with Crippen LogP contribution < -0.4 is 0 Å². The summed E-state index contributed by atoms with van der Waals surface area (Å²) >= 11 is 0. The van der Waals surface area contributed by atoms with Gasteiger partial charge in [0.25, 0.3) is 0 Å². The minimum atomic E-state index is -0.158. The summed E-state index contributed by atoms with van der Waals surface area (Å²) in [6, 6.07) is 8.33. The molecule has 0 aromatic heterocycles. The second-order valence-corrected chi connectivity index (χ2v) is 15.8. The van der Waals surface area contributed by atoms with Gasteiger partial charge in [-0.3, -0.25) is 0 Å². The van der Waals surface area contributed by atoms with Crippen LogP contribution in [-0.4, -0.2) is 25.4 Å². The van der Waals surface area contributed by atoms with Gasteiger partial charge >= 0.3 is 0 Å². The van der Waals surface area contributed by atoms with E-state index in [4.69, 9.17) is 9.47 Å². The fraction of sp³-hybridized carbons (Fsp3) is 0.829. The predicted octanol–water partition coefficient (Wildman–Crippen LogP) is 10.8. The summed E-state index contributed by atoms with van der Waals surface area (Å²) in [5.74, 6) is 0.808. The molecule has 0 heterocycles. The summed E-state index contributed by atoms with van der Waals surface area (Å²) in [5, 5.41) is 9.78. The molecule has 1 N–H and O–H groups in total. The van der Waals surface area contributed by atoms with E-state index >= 15 is 0 Å². The smallest absolute Gasteiger partial charge is 0.0793 e. The lowest BCUT2D eigenvalue weighted by Gasteiger charge is -2.32. The highest BCUT2D eigenvalue weighted by Gasteiger charge is 2.25. The van der Waals surface area contributed by atoms with E-state index in [1.165, 1.54) is 24.0 Å². The van der Waals surface area contributed by atoms with Gasteiger partial charge < -0.3 is 14.6 Å². The van der Waals surface area contributed by atoms with Crippen molar-refractivity contribution in [2.75, 3.05) is 14.2 Å². The first-order valence-electron chi connectivity index (χ1n) is 14.8. The largest absolute Gasteiger partial charge is 0.393 e. The maximum Gasteiger partial charge on any atom is 0.0793 e. The van der Waals surface area contributed by atoms with Crippen molar-refractivity contribution in [2.45, 2.75) is 148 Å². The first-order valence-corrected chi connectivity index (χ1v) is 14.8. The highest BCUT2D eigenvalue weighted by Crippen LogP contribution is 2.35. The SMILES string of the molecule is CC(C)(C)CCCC(O)C(C)(C)C.CC(CC(C)(C)C)C(C)(C)C.COC(C)c1ccc(C(C)OC)cc1. The Kier molecular flexibility index (Phi) is 17.6. The Labute approximate surface area is 239 Å². The molecule has 1 aromatic rings. The van der Waals surface area contributed by atoms with E-state index in [2.05, 4.69) is 114 Å². The van der Waals surface area contributed by atoms with Crippen molar-refractivity contribution in [3.8, 4) is 0 Å². The summed E-state index contributed by atoms with van der Waals surface area (Å²) < 4.78 is 10.5. The first-order chi connectivity index (χ1) is 16.9. The standard InChI is InChI=1S/C12H18O2.C12H26O.C11H24/c1-9(13-3)11-5-7-12(8-6-11)10(2)14-4;1-11(2,3)9-7-8-10(13)12(4,5)6;1-9(11(5,6)7)8-10(2,3)4/h5-10H,1-4H3;10,13H,7-9H2,1-6H3;9H,8H2,1-7H3. The van der Waals surface area contributed by atoms with E-state index in [0.29, 0.717) is 16.2 Å². The van der Waals surface area contributed by atoms with Crippen molar-refractivity contribution in [3.05, 3.63) is 35.4 Å². The van der Waals surface area contributed by atoms with Crippen molar-refractivity contribution in [2.24, 2.45) is 27.6 Å². The average molecular weight is 537 g/mol. The molecule has 38 heavy (non-hydrogen) atoms. The Morgan fingerprint density at radius 3 is 1.21 bits per heavy atom. The van der Waals surface area contributed by atoms with Gasteiger partial charge in [0, 0.05) is 14.2 Å². The van der Waals surface area contributed by atoms with Crippen LogP contribution in [0.2, 0.25) is 0 Å². The molecule has 0 aliphatic heterocycles. The van der Waals surface area contributed by atoms with Crippen LogP contribution in [0, 0.1) is 27.6 Å². The zero-order chi connectivity index (χ0) is 30.5. The van der Waals surface area contributed by atoms with Crippen LogP contribution in [0.5, 0.6) is 0 Å². The number of aliphatic hydroxyl groups is 1. The lowest BCUT2D eigenvalue weighted by molar-refractivity contribution is 0.0513. The van der Waals surface area contributed by atoms with E-state index in [1.54, 1.807) is 14.2 Å². The van der Waals surface area contributed by atoms with Crippen molar-refractivity contribution < 1.29 is 14.6 Å². The second-order valence-electron chi connectivity index (χ2n) is 15.8. The maximum atomic E-state index is 9.78. The van der Waals surface area contributed by atoms with Crippen LogP contribution in [0.15, 0.2) is 24.3 Å². The number of methoxy groups -OCH3 is 2. The molecule has 1 aromatic carbocycles. The zero-order valence-corrected chi connectivity index (χ0v) is 28.7. The van der Waals surface area contributed by atoms with Crippen LogP contribution in [0.25, 0.3) is 0 Å². The normalized spacial score (nSPS) is 15.8. The van der Waals surface area contributed by atoms with E-state index in [-0.39, 0.29) is 23.7 Å². The molecule has 0 saturated carbocycles. The fourth-order valence-electron chi connectivity index (χ4n) is 3.79. The number of benzene rings is 1. The molecule has 0 spiro atoms. The molecular weight excluding hydrogens is 468 g/mol. The van der Waals surface area contributed by atoms with Crippen molar-refractivity contribution >= 4 is 0 Å². The van der Waals surface area contributed by atoms with E-state index in [9.17, 15) is 5.11 Å². The quantitative estimate of drug-likeness (QED) is 0.359. The second kappa shape index (κ2) is 17.0. The number of ether oxygens (including phenoxy) is 2. The Bertz CT molecular complexity index is 679. The third-order valence-electron chi connectivity index (χ3n) is 7.38. The Morgan fingerprint density at radius 1 is 0.632 bits per heavy atom. The molecule has 4 unspecified atom stereocenters. The van der Waals surface area contributed by atoms with Gasteiger partial charge in [0.15, 0.2) is 0 Å². The third kappa shape index (κ3) is 20.1. The van der Waals surface area contributed by atoms with Crippen molar-refractivity contribution in [3.63, 3.8) is 0 Å². The van der Waals surface area contributed by atoms with E-state index < -0.39 is 0 Å². The number of hydrogen-bond acceptors (Lipinski definition) is 3. The molecule has 3 heteroatoms. The Balaban J connectivity index is 0. The Morgan fingerprint density at radius 2 is 1.00 bits per heavy atom. The average Bonchev–Trinajstić information content (AvgIpc) is 2.75. The molecular formula is C35H68O3. The van der Waals surface area contributed by atoms with E-state index in [0.717, 1.165) is 18.8 Å². The summed E-state index contributed by atoms with van der Waals surface area (Å²) in [5.41, 5.74) is 3.77. The van der Waals surface area contributed by atoms with Crippen molar-refractivity contribution in [1.82, 2.24) is 0 Å². The van der Waals surface area contributed by atoms with Crippen LogP contribution in [0.1, 0.15) is 153 Å². The number of aliphatic hydroxyl groups excluding tert-OH is 1. The van der Waals surface area contributed by atoms with Crippen LogP contribution in [0.4, 0.5) is 0 Å². The van der Waals surface area contributed by atoms with E-state index in [1.807, 2.05) is 13.8 Å². The van der Waals surface area contributed by atoms with Crippen molar-refractivity contribution in [1.29, 1.82) is 0 Å². The molecule has 0 aliphatic rings. The van der Waals surface area contributed by atoms with Gasteiger partial charge in [0.1, 0.15) is 0 Å². The van der Waals surface area contributed by atoms with Gasteiger partial charge in [-0.25, -0.2) is 0 Å². The molecule has 4 atom stereocenters. The van der Waals surface area contributed by atoms with Gasteiger partial charge in [-0.2, -0.15) is 0 Å². The maximum absolute atomic E-state index is 9.78. The van der Waals surface area contributed by atoms with Gasteiger partial charge in [0.2, 0.25) is 0 Å². The lowest BCUT2D eigenvalue weighted by atomic mass is 9.73. The molecule has 0 fully saturated rings. The molecule has 226 valence electrons. The van der Waals surface area contributed by atoms with Crippen LogP contribution in [-0.2, 0) is 9.47 Å². The topological polar surface area (TPSA) is 38.7 Å². The van der Waals surface area contributed by atoms with Gasteiger partial charge in [-0.1, -0.05) is 121 Å². The lowest BCUT2D eigenvalue weighted by Crippen LogP contribution is -2.26. The summed E-state index contributed by atoms with van der Waals surface area (Å²) in [7, 11) is 3.44. The van der Waals surface area contributed by atoms with Gasteiger partial charge in [-0.05, 0) is 71.8 Å². The monoisotopic (exact) mass is 537 g/mol. The fourth-order valence-corrected chi connectivity index (χ4v) is 3.79. The van der Waals surface area contributed by atoms with Crippen LogP contribution >= 0.6 is 0 Å². The summed E-state index contributed by atoms with van der Waals surface area (Å²) in [4.78, 5) is 0. The molecule has 0 aliphatic carbocycles. The highest BCUT2D eigenvalue weighted by molar-refractivity contribution is 5.25.